The van der Waals surface area contributed by atoms with Crippen LogP contribution in [0.4, 0.5) is 0 Å². The van der Waals surface area contributed by atoms with Crippen LogP contribution in [0.1, 0.15) is 39.5 Å². The highest BCUT2D eigenvalue weighted by Crippen LogP contribution is 2.16. The molecule has 2 rings (SSSR count). The molecule has 134 valence electrons. The molecule has 23 heavy (non-hydrogen) atoms. The van der Waals surface area contributed by atoms with Crippen LogP contribution in [0.15, 0.2) is 0 Å². The second kappa shape index (κ2) is 10.6. The zero-order valence-electron chi connectivity index (χ0n) is 15.3. The summed E-state index contributed by atoms with van der Waals surface area (Å²) in [6, 6.07) is 0.493. The van der Waals surface area contributed by atoms with Crippen molar-refractivity contribution in [3.05, 3.63) is 0 Å². The van der Waals surface area contributed by atoms with Crippen molar-refractivity contribution in [1.82, 2.24) is 20.0 Å². The number of rotatable bonds is 6. The Morgan fingerprint density at radius 1 is 1.04 bits per heavy atom. The fraction of sp³-hybridized carbons (Fsp3) is 0.882. The summed E-state index contributed by atoms with van der Waals surface area (Å²) in [7, 11) is 3.90. The molecule has 0 atom stereocenters. The van der Waals surface area contributed by atoms with Gasteiger partial charge in [-0.2, -0.15) is 0 Å². The van der Waals surface area contributed by atoms with Crippen molar-refractivity contribution < 1.29 is 9.59 Å². The zero-order chi connectivity index (χ0) is 17.2. The van der Waals surface area contributed by atoms with Crippen molar-refractivity contribution in [3.63, 3.8) is 0 Å². The van der Waals surface area contributed by atoms with E-state index < -0.39 is 0 Å². The van der Waals surface area contributed by atoms with Crippen molar-refractivity contribution in [2.24, 2.45) is 0 Å². The first kappa shape index (κ1) is 19.9. The first-order valence-electron chi connectivity index (χ1n) is 9.02. The number of likely N-dealkylation sites (N-methyl/N-ethyl adjacent to an activating group) is 1. The maximum atomic E-state index is 11.9. The number of carbonyl (C=O) groups excluding carboxylic acids is 2. The van der Waals surface area contributed by atoms with Gasteiger partial charge in [0, 0.05) is 45.2 Å². The Hall–Kier alpha value is -1.14. The highest BCUT2D eigenvalue weighted by Gasteiger charge is 2.26. The summed E-state index contributed by atoms with van der Waals surface area (Å²) in [4.78, 5) is 29.8. The molecule has 0 saturated carbocycles. The lowest BCUT2D eigenvalue weighted by atomic mass is 10.0. The van der Waals surface area contributed by atoms with Crippen LogP contribution in [0.2, 0.25) is 0 Å². The average Bonchev–Trinajstić information content (AvgIpc) is 2.53. The molecule has 2 amide bonds. The number of hydrogen-bond acceptors (Lipinski definition) is 4. The van der Waals surface area contributed by atoms with Crippen molar-refractivity contribution in [1.29, 1.82) is 0 Å². The highest BCUT2D eigenvalue weighted by molar-refractivity contribution is 5.78. The van der Waals surface area contributed by atoms with Crippen LogP contribution in [-0.4, -0.2) is 85.9 Å². The molecule has 2 aliphatic rings. The van der Waals surface area contributed by atoms with Gasteiger partial charge >= 0.3 is 0 Å². The summed E-state index contributed by atoms with van der Waals surface area (Å²) >= 11 is 0. The molecule has 0 aromatic rings. The molecule has 0 bridgehead atoms. The van der Waals surface area contributed by atoms with Gasteiger partial charge in [-0.1, -0.05) is 13.8 Å². The fourth-order valence-electron chi connectivity index (χ4n) is 3.00. The van der Waals surface area contributed by atoms with Gasteiger partial charge in [-0.15, -0.1) is 0 Å². The zero-order valence-corrected chi connectivity index (χ0v) is 15.3. The lowest BCUT2D eigenvalue weighted by molar-refractivity contribution is -0.135. The molecule has 2 aliphatic heterocycles. The molecule has 0 aliphatic carbocycles. The average molecular weight is 326 g/mol. The predicted molar refractivity (Wildman–Crippen MR) is 93.3 cm³/mol. The fourth-order valence-corrected chi connectivity index (χ4v) is 3.00. The lowest BCUT2D eigenvalue weighted by Gasteiger charge is -2.37. The lowest BCUT2D eigenvalue weighted by Crippen LogP contribution is -2.48. The van der Waals surface area contributed by atoms with Gasteiger partial charge < -0.3 is 20.0 Å². The SMILES string of the molecule is CC.CNCC(=O)N1CCC(N(C)CCC(=O)N2CCC2)CC1. The first-order valence-corrected chi connectivity index (χ1v) is 9.02. The molecule has 0 aromatic heterocycles. The number of amides is 2. The van der Waals surface area contributed by atoms with Crippen molar-refractivity contribution in [2.45, 2.75) is 45.6 Å². The molecule has 6 nitrogen and oxygen atoms in total. The Balaban J connectivity index is 0.00000127. The van der Waals surface area contributed by atoms with Gasteiger partial charge in [0.2, 0.25) is 11.8 Å². The summed E-state index contributed by atoms with van der Waals surface area (Å²) in [5, 5.41) is 2.91. The van der Waals surface area contributed by atoms with Crippen LogP contribution in [0.3, 0.4) is 0 Å². The van der Waals surface area contributed by atoms with E-state index in [4.69, 9.17) is 0 Å². The van der Waals surface area contributed by atoms with Crippen LogP contribution < -0.4 is 5.32 Å². The second-order valence-corrected chi connectivity index (χ2v) is 6.11. The van der Waals surface area contributed by atoms with Crippen molar-refractivity contribution in [2.75, 3.05) is 53.4 Å². The topological polar surface area (TPSA) is 55.9 Å². The largest absolute Gasteiger partial charge is 0.343 e. The third-order valence-electron chi connectivity index (χ3n) is 4.66. The van der Waals surface area contributed by atoms with E-state index in [0.717, 1.165) is 52.0 Å². The van der Waals surface area contributed by atoms with Crippen molar-refractivity contribution in [3.8, 4) is 0 Å². The summed E-state index contributed by atoms with van der Waals surface area (Å²) < 4.78 is 0. The molecule has 6 heteroatoms. The minimum Gasteiger partial charge on any atom is -0.343 e. The third-order valence-corrected chi connectivity index (χ3v) is 4.66. The van der Waals surface area contributed by atoms with Gasteiger partial charge in [0.05, 0.1) is 6.54 Å². The molecule has 0 radical (unpaired) electrons. The Kier molecular flexibility index (Phi) is 9.17. The standard InChI is InChI=1S/C15H28N4O2.C2H6/c1-16-12-15(21)19-10-4-13(5-11-19)17(2)9-6-14(20)18-7-3-8-18;1-2/h13,16H,3-12H2,1-2H3;1-2H3. The summed E-state index contributed by atoms with van der Waals surface area (Å²) in [6.45, 7) is 8.78. The third kappa shape index (κ3) is 6.11. The van der Waals surface area contributed by atoms with E-state index in [0.29, 0.717) is 19.0 Å². The summed E-state index contributed by atoms with van der Waals surface area (Å²) in [6.07, 6.45) is 3.78. The number of hydrogen-bond donors (Lipinski definition) is 1. The van der Waals surface area contributed by atoms with E-state index in [1.165, 1.54) is 0 Å². The number of likely N-dealkylation sites (tertiary alicyclic amines) is 2. The second-order valence-electron chi connectivity index (χ2n) is 6.11. The molecular weight excluding hydrogens is 292 g/mol. The monoisotopic (exact) mass is 326 g/mol. The van der Waals surface area contributed by atoms with E-state index in [1.54, 1.807) is 7.05 Å². The van der Waals surface area contributed by atoms with Crippen molar-refractivity contribution >= 4 is 11.8 Å². The van der Waals surface area contributed by atoms with E-state index in [-0.39, 0.29) is 11.8 Å². The van der Waals surface area contributed by atoms with E-state index in [1.807, 2.05) is 23.6 Å². The van der Waals surface area contributed by atoms with Gasteiger partial charge in [0.1, 0.15) is 0 Å². The molecule has 2 fully saturated rings. The first-order chi connectivity index (χ1) is 11.1. The highest BCUT2D eigenvalue weighted by atomic mass is 16.2. The molecule has 0 aromatic carbocycles. The summed E-state index contributed by atoms with van der Waals surface area (Å²) in [5.41, 5.74) is 0. The normalized spacial score (nSPS) is 18.3. The summed E-state index contributed by atoms with van der Waals surface area (Å²) in [5.74, 6) is 0.473. The number of carbonyl (C=O) groups is 2. The van der Waals surface area contributed by atoms with E-state index >= 15 is 0 Å². The molecule has 0 spiro atoms. The minimum atomic E-state index is 0.187. The van der Waals surface area contributed by atoms with Gasteiger partial charge in [0.25, 0.3) is 0 Å². The molecule has 2 saturated heterocycles. The maximum Gasteiger partial charge on any atom is 0.236 e. The smallest absolute Gasteiger partial charge is 0.236 e. The minimum absolute atomic E-state index is 0.187. The van der Waals surface area contributed by atoms with Gasteiger partial charge in [-0.05, 0) is 33.4 Å². The molecule has 1 N–H and O–H groups in total. The predicted octanol–water partition coefficient (Wildman–Crippen LogP) is 0.777. The maximum absolute atomic E-state index is 11.9. The molecule has 2 heterocycles. The number of nitrogens with one attached hydrogen (secondary N) is 1. The molecular formula is C17H34N4O2. The number of nitrogens with zero attached hydrogens (tertiary/aromatic N) is 3. The Bertz CT molecular complexity index is 364. The van der Waals surface area contributed by atoms with E-state index in [9.17, 15) is 9.59 Å². The number of piperidine rings is 1. The van der Waals surface area contributed by atoms with Crippen LogP contribution in [-0.2, 0) is 9.59 Å². The van der Waals surface area contributed by atoms with Gasteiger partial charge in [-0.25, -0.2) is 0 Å². The van der Waals surface area contributed by atoms with Crippen LogP contribution in [0.25, 0.3) is 0 Å². The van der Waals surface area contributed by atoms with Crippen LogP contribution in [0, 0.1) is 0 Å². The van der Waals surface area contributed by atoms with Gasteiger partial charge in [0.15, 0.2) is 0 Å². The Morgan fingerprint density at radius 3 is 2.09 bits per heavy atom. The van der Waals surface area contributed by atoms with Crippen LogP contribution >= 0.6 is 0 Å². The van der Waals surface area contributed by atoms with Gasteiger partial charge in [-0.3, -0.25) is 9.59 Å². The Morgan fingerprint density at radius 2 is 1.61 bits per heavy atom. The molecule has 0 unspecified atom stereocenters. The van der Waals surface area contributed by atoms with E-state index in [2.05, 4.69) is 17.3 Å². The quantitative estimate of drug-likeness (QED) is 0.784. The van der Waals surface area contributed by atoms with Crippen LogP contribution in [0.5, 0.6) is 0 Å². The Labute approximate surface area is 141 Å².